The molecule has 3 fully saturated rings. The van der Waals surface area contributed by atoms with E-state index in [1.807, 2.05) is 12.1 Å². The standard InChI is InChI=1S/C20H26ClN3O2/c21-16-7-5-15(6-8-16)19(9-1-2-10-19)22-13-14-24-17(25)20(23-18(24)26)11-3-4-12-20/h5-8,22H,1-4,9-14H2,(H,23,26). The molecule has 1 saturated heterocycles. The third-order valence-electron chi connectivity index (χ3n) is 6.36. The number of benzene rings is 1. The first kappa shape index (κ1) is 17.8. The highest BCUT2D eigenvalue weighted by atomic mass is 35.5. The summed E-state index contributed by atoms with van der Waals surface area (Å²) >= 11 is 6.04. The summed E-state index contributed by atoms with van der Waals surface area (Å²) in [6.45, 7) is 1.03. The lowest BCUT2D eigenvalue weighted by Gasteiger charge is -2.32. The van der Waals surface area contributed by atoms with Gasteiger partial charge in [-0.05, 0) is 43.4 Å². The number of imide groups is 1. The van der Waals surface area contributed by atoms with Gasteiger partial charge in [0.25, 0.3) is 5.91 Å². The van der Waals surface area contributed by atoms with E-state index in [0.29, 0.717) is 13.1 Å². The fourth-order valence-corrected chi connectivity index (χ4v) is 5.04. The Morgan fingerprint density at radius 2 is 1.62 bits per heavy atom. The lowest BCUT2D eigenvalue weighted by atomic mass is 9.88. The molecule has 0 bridgehead atoms. The maximum absolute atomic E-state index is 12.8. The van der Waals surface area contributed by atoms with Gasteiger partial charge in [-0.15, -0.1) is 0 Å². The molecule has 2 N–H and O–H groups in total. The molecule has 0 atom stereocenters. The van der Waals surface area contributed by atoms with Gasteiger partial charge in [-0.3, -0.25) is 9.69 Å². The first-order valence-corrected chi connectivity index (χ1v) is 10.1. The summed E-state index contributed by atoms with van der Waals surface area (Å²) in [6.07, 6.45) is 8.07. The molecule has 1 heterocycles. The van der Waals surface area contributed by atoms with Crippen molar-refractivity contribution in [2.75, 3.05) is 13.1 Å². The predicted molar refractivity (Wildman–Crippen MR) is 101 cm³/mol. The van der Waals surface area contributed by atoms with Crippen molar-refractivity contribution in [2.24, 2.45) is 0 Å². The quantitative estimate of drug-likeness (QED) is 0.773. The van der Waals surface area contributed by atoms with Crippen molar-refractivity contribution in [1.82, 2.24) is 15.5 Å². The lowest BCUT2D eigenvalue weighted by Crippen LogP contribution is -2.46. The molecule has 6 heteroatoms. The zero-order chi connectivity index (χ0) is 18.2. The fourth-order valence-electron chi connectivity index (χ4n) is 4.92. The average molecular weight is 376 g/mol. The van der Waals surface area contributed by atoms with Gasteiger partial charge in [0, 0.05) is 23.7 Å². The summed E-state index contributed by atoms with van der Waals surface area (Å²) < 4.78 is 0. The minimum absolute atomic E-state index is 0.0336. The van der Waals surface area contributed by atoms with Crippen LogP contribution in [0.3, 0.4) is 0 Å². The van der Waals surface area contributed by atoms with Crippen LogP contribution in [0.15, 0.2) is 24.3 Å². The summed E-state index contributed by atoms with van der Waals surface area (Å²) in [6, 6.07) is 7.80. The molecule has 0 unspecified atom stereocenters. The molecule has 140 valence electrons. The molecule has 5 nitrogen and oxygen atoms in total. The number of amides is 3. The zero-order valence-electron chi connectivity index (χ0n) is 15.0. The molecule has 3 aliphatic rings. The molecular weight excluding hydrogens is 350 g/mol. The number of urea groups is 1. The Labute approximate surface area is 159 Å². The van der Waals surface area contributed by atoms with Crippen LogP contribution < -0.4 is 10.6 Å². The Morgan fingerprint density at radius 3 is 2.27 bits per heavy atom. The van der Waals surface area contributed by atoms with Gasteiger partial charge in [0.2, 0.25) is 0 Å². The van der Waals surface area contributed by atoms with Crippen molar-refractivity contribution in [3.8, 4) is 0 Å². The number of nitrogens with one attached hydrogen (secondary N) is 2. The zero-order valence-corrected chi connectivity index (χ0v) is 15.8. The minimum atomic E-state index is -0.613. The molecule has 1 aromatic rings. The van der Waals surface area contributed by atoms with Gasteiger partial charge in [0.15, 0.2) is 0 Å². The molecule has 3 amide bonds. The first-order valence-electron chi connectivity index (χ1n) is 9.70. The molecule has 4 rings (SSSR count). The van der Waals surface area contributed by atoms with Crippen LogP contribution in [-0.2, 0) is 10.3 Å². The van der Waals surface area contributed by atoms with Crippen LogP contribution >= 0.6 is 11.6 Å². The summed E-state index contributed by atoms with van der Waals surface area (Å²) in [5, 5.41) is 7.35. The van der Waals surface area contributed by atoms with Gasteiger partial charge in [0.1, 0.15) is 5.54 Å². The van der Waals surface area contributed by atoms with E-state index >= 15 is 0 Å². The van der Waals surface area contributed by atoms with E-state index in [-0.39, 0.29) is 17.5 Å². The number of hydrogen-bond acceptors (Lipinski definition) is 3. The summed E-state index contributed by atoms with van der Waals surface area (Å²) in [5.74, 6) is -0.0336. The number of rotatable bonds is 5. The molecule has 2 aliphatic carbocycles. The van der Waals surface area contributed by atoms with Gasteiger partial charge in [-0.25, -0.2) is 4.79 Å². The van der Waals surface area contributed by atoms with Crippen molar-refractivity contribution in [1.29, 1.82) is 0 Å². The predicted octanol–water partition coefficient (Wildman–Crippen LogP) is 3.56. The molecule has 1 spiro atoms. The Morgan fingerprint density at radius 1 is 1.00 bits per heavy atom. The SMILES string of the molecule is O=C1NC2(CCCC2)C(=O)N1CCNC1(c2ccc(Cl)cc2)CCCC1. The Balaban J connectivity index is 1.42. The Kier molecular flexibility index (Phi) is 4.70. The van der Waals surface area contributed by atoms with Crippen molar-refractivity contribution < 1.29 is 9.59 Å². The van der Waals surface area contributed by atoms with E-state index in [0.717, 1.165) is 43.5 Å². The molecule has 0 aromatic heterocycles. The number of nitrogens with zero attached hydrogens (tertiary/aromatic N) is 1. The van der Waals surface area contributed by atoms with Crippen LogP contribution in [0.2, 0.25) is 5.02 Å². The molecule has 0 radical (unpaired) electrons. The summed E-state index contributed by atoms with van der Waals surface area (Å²) in [4.78, 5) is 26.5. The van der Waals surface area contributed by atoms with Crippen LogP contribution in [0.1, 0.15) is 56.9 Å². The normalized spacial score (nSPS) is 23.8. The molecule has 1 aliphatic heterocycles. The van der Waals surface area contributed by atoms with Gasteiger partial charge in [-0.2, -0.15) is 0 Å². The lowest BCUT2D eigenvalue weighted by molar-refractivity contribution is -0.131. The second-order valence-corrected chi connectivity index (χ2v) is 8.34. The molecular formula is C20H26ClN3O2. The first-order chi connectivity index (χ1) is 12.5. The number of hydrogen-bond donors (Lipinski definition) is 2. The smallest absolute Gasteiger partial charge is 0.323 e. The Bertz CT molecular complexity index is 692. The van der Waals surface area contributed by atoms with Crippen molar-refractivity contribution >= 4 is 23.5 Å². The second kappa shape index (κ2) is 6.86. The second-order valence-electron chi connectivity index (χ2n) is 7.90. The van der Waals surface area contributed by atoms with Crippen LogP contribution in [0.25, 0.3) is 0 Å². The van der Waals surface area contributed by atoms with Crippen molar-refractivity contribution in [3.63, 3.8) is 0 Å². The third-order valence-corrected chi connectivity index (χ3v) is 6.61. The summed E-state index contributed by atoms with van der Waals surface area (Å²) in [5.41, 5.74) is 0.552. The van der Waals surface area contributed by atoms with Gasteiger partial charge >= 0.3 is 6.03 Å². The van der Waals surface area contributed by atoms with E-state index in [2.05, 4.69) is 22.8 Å². The van der Waals surface area contributed by atoms with Crippen molar-refractivity contribution in [3.05, 3.63) is 34.9 Å². The molecule has 26 heavy (non-hydrogen) atoms. The fraction of sp³-hybridized carbons (Fsp3) is 0.600. The van der Waals surface area contributed by atoms with Gasteiger partial charge in [0.05, 0.1) is 0 Å². The highest BCUT2D eigenvalue weighted by Gasteiger charge is 2.52. The van der Waals surface area contributed by atoms with Crippen molar-refractivity contribution in [2.45, 2.75) is 62.4 Å². The third kappa shape index (κ3) is 3.01. The molecule has 1 aromatic carbocycles. The van der Waals surface area contributed by atoms with Crippen LogP contribution in [0, 0.1) is 0 Å². The van der Waals surface area contributed by atoms with E-state index in [9.17, 15) is 9.59 Å². The Hall–Kier alpha value is -1.59. The molecule has 2 saturated carbocycles. The van der Waals surface area contributed by atoms with Gasteiger partial charge in [-0.1, -0.05) is 49.4 Å². The number of carbonyl (C=O) groups is 2. The van der Waals surface area contributed by atoms with E-state index in [1.165, 1.54) is 23.3 Å². The van der Waals surface area contributed by atoms with Crippen LogP contribution in [0.4, 0.5) is 4.79 Å². The van der Waals surface area contributed by atoms with Crippen LogP contribution in [-0.4, -0.2) is 35.5 Å². The maximum atomic E-state index is 12.8. The number of carbonyl (C=O) groups excluding carboxylic acids is 2. The summed E-state index contributed by atoms with van der Waals surface area (Å²) in [7, 11) is 0. The van der Waals surface area contributed by atoms with Gasteiger partial charge < -0.3 is 10.6 Å². The topological polar surface area (TPSA) is 61.4 Å². The number of halogens is 1. The average Bonchev–Trinajstić information content (AvgIpc) is 3.34. The maximum Gasteiger partial charge on any atom is 0.325 e. The highest BCUT2D eigenvalue weighted by Crippen LogP contribution is 2.39. The monoisotopic (exact) mass is 375 g/mol. The van der Waals surface area contributed by atoms with E-state index < -0.39 is 5.54 Å². The van der Waals surface area contributed by atoms with E-state index in [4.69, 9.17) is 11.6 Å². The van der Waals surface area contributed by atoms with Crippen LogP contribution in [0.5, 0.6) is 0 Å². The van der Waals surface area contributed by atoms with E-state index in [1.54, 1.807) is 0 Å². The minimum Gasteiger partial charge on any atom is -0.323 e. The largest absolute Gasteiger partial charge is 0.325 e. The highest BCUT2D eigenvalue weighted by molar-refractivity contribution is 6.30.